The van der Waals surface area contributed by atoms with Crippen molar-refractivity contribution >= 4 is 33.3 Å². The van der Waals surface area contributed by atoms with Crippen molar-refractivity contribution in [3.8, 4) is 11.5 Å². The summed E-state index contributed by atoms with van der Waals surface area (Å²) in [4.78, 5) is 32.9. The monoisotopic (exact) mass is 508 g/mol. The lowest BCUT2D eigenvalue weighted by molar-refractivity contribution is 0.0971. The quantitative estimate of drug-likeness (QED) is 0.292. The van der Waals surface area contributed by atoms with Crippen LogP contribution in [0.4, 0.5) is 9.52 Å². The van der Waals surface area contributed by atoms with Crippen LogP contribution in [0.5, 0.6) is 11.5 Å². The zero-order valence-corrected chi connectivity index (χ0v) is 20.9. The Morgan fingerprint density at radius 1 is 1.14 bits per heavy atom. The van der Waals surface area contributed by atoms with Crippen molar-refractivity contribution in [3.63, 3.8) is 0 Å². The number of thiazole rings is 1. The zero-order valence-electron chi connectivity index (χ0n) is 20.1. The molecule has 2 aromatic carbocycles. The molecule has 0 fully saturated rings. The average Bonchev–Trinajstić information content (AvgIpc) is 3.47. The molecule has 1 unspecified atom stereocenters. The van der Waals surface area contributed by atoms with Gasteiger partial charge in [0.05, 0.1) is 30.2 Å². The Morgan fingerprint density at radius 3 is 2.69 bits per heavy atom. The Balaban J connectivity index is 1.67. The first-order valence-electron chi connectivity index (χ1n) is 11.8. The number of nitrogens with zero attached hydrogens (tertiary/aromatic N) is 2. The molecule has 0 aliphatic carbocycles. The summed E-state index contributed by atoms with van der Waals surface area (Å²) in [5, 5.41) is 2.24. The minimum absolute atomic E-state index is 0.0745. The van der Waals surface area contributed by atoms with E-state index in [0.717, 1.165) is 12.5 Å². The molecule has 0 spiro atoms. The van der Waals surface area contributed by atoms with Gasteiger partial charge in [0, 0.05) is 11.6 Å². The largest absolute Gasteiger partial charge is 0.490 e. The van der Waals surface area contributed by atoms with Gasteiger partial charge in [0.1, 0.15) is 11.4 Å². The molecule has 1 aliphatic rings. The van der Waals surface area contributed by atoms with Crippen molar-refractivity contribution in [1.29, 1.82) is 0 Å². The first kappa shape index (κ1) is 24.0. The van der Waals surface area contributed by atoms with E-state index in [-0.39, 0.29) is 22.3 Å². The Bertz CT molecular complexity index is 1480. The number of hydrogen-bond acceptors (Lipinski definition) is 7. The second-order valence-electron chi connectivity index (χ2n) is 8.88. The normalized spacial score (nSPS) is 15.1. The predicted molar refractivity (Wildman–Crippen MR) is 136 cm³/mol. The number of amides is 1. The first-order chi connectivity index (χ1) is 17.4. The predicted octanol–water partition coefficient (Wildman–Crippen LogP) is 5.96. The summed E-state index contributed by atoms with van der Waals surface area (Å²) < 4.78 is 31.7. The summed E-state index contributed by atoms with van der Waals surface area (Å²) in [5.74, 6) is 0.465. The molecule has 1 amide bonds. The van der Waals surface area contributed by atoms with Crippen molar-refractivity contribution < 1.29 is 23.1 Å². The molecule has 186 valence electrons. The van der Waals surface area contributed by atoms with Gasteiger partial charge in [0.25, 0.3) is 5.91 Å². The summed E-state index contributed by atoms with van der Waals surface area (Å²) in [5.41, 5.74) is 0.458. The number of fused-ring (bicyclic) bond motifs is 2. The highest BCUT2D eigenvalue weighted by Gasteiger charge is 2.45. The van der Waals surface area contributed by atoms with Gasteiger partial charge in [-0.15, -0.1) is 11.3 Å². The topological polar surface area (TPSA) is 81.9 Å². The third-order valence-corrected chi connectivity index (χ3v) is 6.76. The molecular formula is C27H25FN2O5S. The number of aromatic nitrogens is 1. The fourth-order valence-corrected chi connectivity index (χ4v) is 4.95. The van der Waals surface area contributed by atoms with Gasteiger partial charge in [-0.25, -0.2) is 9.37 Å². The molecule has 3 heterocycles. The lowest BCUT2D eigenvalue weighted by Gasteiger charge is -2.23. The van der Waals surface area contributed by atoms with Gasteiger partial charge in [-0.3, -0.25) is 14.5 Å². The van der Waals surface area contributed by atoms with E-state index in [1.807, 2.05) is 6.92 Å². The van der Waals surface area contributed by atoms with Gasteiger partial charge < -0.3 is 13.9 Å². The number of hydrogen-bond donors (Lipinski definition) is 0. The zero-order chi connectivity index (χ0) is 25.4. The summed E-state index contributed by atoms with van der Waals surface area (Å²) in [6.45, 7) is 7.06. The maximum absolute atomic E-state index is 14.0. The van der Waals surface area contributed by atoms with Gasteiger partial charge >= 0.3 is 0 Å². The molecule has 5 rings (SSSR count). The van der Waals surface area contributed by atoms with E-state index in [4.69, 9.17) is 13.9 Å². The Kier molecular flexibility index (Phi) is 6.49. The van der Waals surface area contributed by atoms with Gasteiger partial charge in [0.15, 0.2) is 22.1 Å². The van der Waals surface area contributed by atoms with Crippen molar-refractivity contribution in [2.75, 3.05) is 18.1 Å². The molecule has 4 aromatic rings. The first-order valence-corrected chi connectivity index (χ1v) is 12.7. The molecule has 0 radical (unpaired) electrons. The lowest BCUT2D eigenvalue weighted by atomic mass is 9.98. The van der Waals surface area contributed by atoms with Crippen molar-refractivity contribution in [1.82, 2.24) is 4.98 Å². The van der Waals surface area contributed by atoms with Gasteiger partial charge in [-0.1, -0.05) is 19.9 Å². The average molecular weight is 509 g/mol. The SMILES string of the molecule is CCOc1cc(C2c3c(oc4ccc(F)cc4c3=O)C(=O)N2c2nccs2)ccc1OCCC(C)C. The second kappa shape index (κ2) is 9.73. The lowest BCUT2D eigenvalue weighted by Crippen LogP contribution is -2.29. The molecule has 1 aliphatic heterocycles. The highest BCUT2D eigenvalue weighted by atomic mass is 32.1. The van der Waals surface area contributed by atoms with Crippen LogP contribution in [0.15, 0.2) is 57.2 Å². The number of halogens is 1. The highest BCUT2D eigenvalue weighted by Crippen LogP contribution is 2.43. The molecule has 2 aromatic heterocycles. The minimum atomic E-state index is -0.827. The van der Waals surface area contributed by atoms with Gasteiger partial charge in [-0.2, -0.15) is 0 Å². The number of carbonyl (C=O) groups excluding carboxylic acids is 1. The summed E-state index contributed by atoms with van der Waals surface area (Å²) in [6, 6.07) is 8.22. The van der Waals surface area contributed by atoms with Gasteiger partial charge in [0.2, 0.25) is 5.76 Å². The minimum Gasteiger partial charge on any atom is -0.490 e. The number of ether oxygens (including phenoxy) is 2. The van der Waals surface area contributed by atoms with Gasteiger partial charge in [-0.05, 0) is 55.2 Å². The fraction of sp³-hybridized carbons (Fsp3) is 0.296. The summed E-state index contributed by atoms with van der Waals surface area (Å²) in [7, 11) is 0. The van der Waals surface area contributed by atoms with E-state index in [2.05, 4.69) is 18.8 Å². The van der Waals surface area contributed by atoms with Crippen molar-refractivity contribution in [3.05, 3.63) is 80.9 Å². The molecule has 0 N–H and O–H groups in total. The van der Waals surface area contributed by atoms with E-state index < -0.39 is 23.2 Å². The molecule has 1 atom stereocenters. The van der Waals surface area contributed by atoms with Crippen LogP contribution in [0.1, 0.15) is 54.9 Å². The number of benzene rings is 2. The Morgan fingerprint density at radius 2 is 1.97 bits per heavy atom. The second-order valence-corrected chi connectivity index (χ2v) is 9.75. The van der Waals surface area contributed by atoms with Crippen LogP contribution in [0.25, 0.3) is 11.0 Å². The number of anilines is 1. The van der Waals surface area contributed by atoms with Crippen LogP contribution >= 0.6 is 11.3 Å². The standard InChI is InChI=1S/C27H25FN2O5S/c1-4-33-21-13-16(5-7-20(21)34-11-9-15(2)3)23-22-24(31)18-14-17(28)6-8-19(18)35-25(22)26(32)30(23)27-29-10-12-36-27/h5-8,10,12-15,23H,4,9,11H2,1-3H3. The maximum atomic E-state index is 14.0. The Hall–Kier alpha value is -3.72. The summed E-state index contributed by atoms with van der Waals surface area (Å²) >= 11 is 1.27. The molecule has 0 bridgehead atoms. The fourth-order valence-electron chi connectivity index (χ4n) is 4.28. The van der Waals surface area contributed by atoms with Crippen molar-refractivity contribution in [2.24, 2.45) is 5.92 Å². The third-order valence-electron chi connectivity index (χ3n) is 5.99. The van der Waals surface area contributed by atoms with E-state index >= 15 is 0 Å². The molecular weight excluding hydrogens is 483 g/mol. The van der Waals surface area contributed by atoms with Crippen LogP contribution in [0.2, 0.25) is 0 Å². The van der Waals surface area contributed by atoms with Crippen LogP contribution in [-0.2, 0) is 0 Å². The van der Waals surface area contributed by atoms with E-state index in [1.165, 1.54) is 28.4 Å². The van der Waals surface area contributed by atoms with Crippen LogP contribution in [-0.4, -0.2) is 24.1 Å². The smallest absolute Gasteiger partial charge is 0.297 e. The van der Waals surface area contributed by atoms with Crippen LogP contribution < -0.4 is 19.8 Å². The molecule has 0 saturated carbocycles. The molecule has 7 nitrogen and oxygen atoms in total. The van der Waals surface area contributed by atoms with E-state index in [9.17, 15) is 14.0 Å². The maximum Gasteiger partial charge on any atom is 0.297 e. The van der Waals surface area contributed by atoms with Crippen LogP contribution in [0, 0.1) is 11.7 Å². The third kappa shape index (κ3) is 4.24. The number of rotatable bonds is 8. The van der Waals surface area contributed by atoms with Crippen molar-refractivity contribution in [2.45, 2.75) is 33.2 Å². The molecule has 0 saturated heterocycles. The summed E-state index contributed by atoms with van der Waals surface area (Å²) in [6.07, 6.45) is 2.48. The Labute approximate surface area is 211 Å². The van der Waals surface area contributed by atoms with Crippen LogP contribution in [0.3, 0.4) is 0 Å². The number of carbonyl (C=O) groups is 1. The van der Waals surface area contributed by atoms with E-state index in [0.29, 0.717) is 41.3 Å². The molecule has 9 heteroatoms. The molecule has 36 heavy (non-hydrogen) atoms. The highest BCUT2D eigenvalue weighted by molar-refractivity contribution is 7.13. The van der Waals surface area contributed by atoms with E-state index in [1.54, 1.807) is 29.8 Å².